The molecule has 0 saturated heterocycles. The number of hydrogen-bond acceptors (Lipinski definition) is 2. The van der Waals surface area contributed by atoms with E-state index in [4.69, 9.17) is 11.6 Å². The number of benzene rings is 2. The van der Waals surface area contributed by atoms with Crippen molar-refractivity contribution >= 4 is 33.9 Å². The summed E-state index contributed by atoms with van der Waals surface area (Å²) >= 11 is 5.62. The summed E-state index contributed by atoms with van der Waals surface area (Å²) < 4.78 is 27.6. The fourth-order valence-electron chi connectivity index (χ4n) is 2.41. The van der Waals surface area contributed by atoms with Gasteiger partial charge in [0.2, 0.25) is 0 Å². The third kappa shape index (κ3) is 2.77. The smallest absolute Gasteiger partial charge is 0.151 e. The first-order chi connectivity index (χ1) is 10.6. The van der Waals surface area contributed by atoms with Crippen molar-refractivity contribution in [3.05, 3.63) is 58.7 Å². The predicted molar refractivity (Wildman–Crippen MR) is 85.7 cm³/mol. The van der Waals surface area contributed by atoms with Gasteiger partial charge in [-0.1, -0.05) is 17.7 Å². The highest BCUT2D eigenvalue weighted by Gasteiger charge is 2.11. The van der Waals surface area contributed by atoms with Crippen molar-refractivity contribution in [3.63, 3.8) is 0 Å². The van der Waals surface area contributed by atoms with E-state index in [1.165, 1.54) is 0 Å². The number of rotatable bonds is 4. The van der Waals surface area contributed by atoms with Crippen molar-refractivity contribution in [2.75, 3.05) is 12.4 Å². The zero-order valence-corrected chi connectivity index (χ0v) is 12.6. The van der Waals surface area contributed by atoms with Crippen LogP contribution >= 0.6 is 11.6 Å². The lowest BCUT2D eigenvalue weighted by atomic mass is 10.1. The normalized spacial score (nSPS) is 11.1. The molecule has 0 aliphatic heterocycles. The number of anilines is 2. The molecule has 0 amide bonds. The topological polar surface area (TPSA) is 39.9 Å². The van der Waals surface area contributed by atoms with Crippen LogP contribution in [0.1, 0.15) is 5.56 Å². The Morgan fingerprint density at radius 1 is 1.14 bits per heavy atom. The van der Waals surface area contributed by atoms with Gasteiger partial charge in [0.1, 0.15) is 5.69 Å². The molecule has 0 atom stereocenters. The van der Waals surface area contributed by atoms with Gasteiger partial charge in [-0.25, -0.2) is 8.78 Å². The number of H-pyrrole nitrogens is 1. The fraction of sp³-hybridized carbons (Fsp3) is 0.125. The van der Waals surface area contributed by atoms with Crippen LogP contribution in [-0.4, -0.2) is 12.0 Å². The summed E-state index contributed by atoms with van der Waals surface area (Å²) in [5, 5.41) is 6.94. The maximum absolute atomic E-state index is 13.8. The van der Waals surface area contributed by atoms with Crippen molar-refractivity contribution in [1.29, 1.82) is 0 Å². The predicted octanol–water partition coefficient (Wildman–Crippen LogP) is 4.56. The van der Waals surface area contributed by atoms with Crippen LogP contribution < -0.4 is 10.6 Å². The van der Waals surface area contributed by atoms with E-state index in [2.05, 4.69) is 15.6 Å². The summed E-state index contributed by atoms with van der Waals surface area (Å²) in [6.07, 6.45) is 1.91. The highest BCUT2D eigenvalue weighted by Crippen LogP contribution is 2.29. The lowest BCUT2D eigenvalue weighted by molar-refractivity contribution is 0.591. The minimum absolute atomic E-state index is 0.0251. The maximum Gasteiger partial charge on any atom is 0.151 e. The van der Waals surface area contributed by atoms with E-state index in [1.54, 1.807) is 6.07 Å². The molecule has 0 saturated carbocycles. The Morgan fingerprint density at radius 2 is 1.86 bits per heavy atom. The van der Waals surface area contributed by atoms with Crippen molar-refractivity contribution in [1.82, 2.24) is 10.3 Å². The zero-order chi connectivity index (χ0) is 15.7. The maximum atomic E-state index is 13.8. The minimum Gasteiger partial charge on any atom is -0.361 e. The number of hydrogen-bond donors (Lipinski definition) is 3. The Balaban J connectivity index is 1.95. The molecule has 0 aliphatic rings. The molecule has 114 valence electrons. The molecule has 3 aromatic rings. The highest BCUT2D eigenvalue weighted by molar-refractivity contribution is 6.30. The first-order valence-corrected chi connectivity index (χ1v) is 7.12. The van der Waals surface area contributed by atoms with Gasteiger partial charge in [0.15, 0.2) is 11.6 Å². The molecule has 3 rings (SSSR count). The van der Waals surface area contributed by atoms with Gasteiger partial charge in [-0.15, -0.1) is 0 Å². The van der Waals surface area contributed by atoms with Gasteiger partial charge in [-0.2, -0.15) is 0 Å². The van der Waals surface area contributed by atoms with Crippen LogP contribution in [0.25, 0.3) is 10.9 Å². The quantitative estimate of drug-likeness (QED) is 0.659. The third-order valence-corrected chi connectivity index (χ3v) is 3.63. The monoisotopic (exact) mass is 321 g/mol. The van der Waals surface area contributed by atoms with Crippen LogP contribution in [0.3, 0.4) is 0 Å². The van der Waals surface area contributed by atoms with Crippen LogP contribution in [0.5, 0.6) is 0 Å². The molecule has 3 nitrogen and oxygen atoms in total. The Morgan fingerprint density at radius 3 is 2.55 bits per heavy atom. The van der Waals surface area contributed by atoms with Gasteiger partial charge in [-0.05, 0) is 36.9 Å². The van der Waals surface area contributed by atoms with Crippen molar-refractivity contribution in [3.8, 4) is 0 Å². The number of fused-ring (bicyclic) bond motifs is 1. The molecule has 0 spiro atoms. The molecule has 0 fully saturated rings. The van der Waals surface area contributed by atoms with Gasteiger partial charge in [0.25, 0.3) is 0 Å². The van der Waals surface area contributed by atoms with E-state index in [1.807, 2.05) is 25.4 Å². The van der Waals surface area contributed by atoms with Gasteiger partial charge < -0.3 is 15.6 Å². The average Bonchev–Trinajstić information content (AvgIpc) is 2.86. The second-order valence-corrected chi connectivity index (χ2v) is 5.41. The highest BCUT2D eigenvalue weighted by atomic mass is 35.5. The number of aromatic amines is 1. The average molecular weight is 322 g/mol. The molecule has 0 aliphatic carbocycles. The SMILES string of the molecule is CNCc1c[nH]c2cc(Nc3c(F)cc(Cl)cc3F)ccc12. The van der Waals surface area contributed by atoms with Crippen LogP contribution in [-0.2, 0) is 6.54 Å². The van der Waals surface area contributed by atoms with Crippen LogP contribution in [0.2, 0.25) is 5.02 Å². The largest absolute Gasteiger partial charge is 0.361 e. The first kappa shape index (κ1) is 14.8. The Kier molecular flexibility index (Phi) is 4.00. The summed E-state index contributed by atoms with van der Waals surface area (Å²) in [5.74, 6) is -1.46. The van der Waals surface area contributed by atoms with E-state index in [9.17, 15) is 8.78 Å². The molecule has 6 heteroatoms. The molecule has 1 heterocycles. The Bertz CT molecular complexity index is 806. The molecule has 1 aromatic heterocycles. The summed E-state index contributed by atoms with van der Waals surface area (Å²) in [6, 6.07) is 7.65. The van der Waals surface area contributed by atoms with Crippen LogP contribution in [0, 0.1) is 11.6 Å². The number of aromatic nitrogens is 1. The summed E-state index contributed by atoms with van der Waals surface area (Å²) in [5.41, 5.74) is 2.40. The van der Waals surface area contributed by atoms with Gasteiger partial charge in [0.05, 0.1) is 0 Å². The van der Waals surface area contributed by atoms with Crippen molar-refractivity contribution in [2.24, 2.45) is 0 Å². The second kappa shape index (κ2) is 5.94. The second-order valence-electron chi connectivity index (χ2n) is 4.97. The van der Waals surface area contributed by atoms with Crippen LogP contribution in [0.4, 0.5) is 20.2 Å². The van der Waals surface area contributed by atoms with Gasteiger partial charge >= 0.3 is 0 Å². The van der Waals surface area contributed by atoms with E-state index in [0.717, 1.165) is 35.1 Å². The Labute approximate surface area is 131 Å². The fourth-order valence-corrected chi connectivity index (χ4v) is 2.60. The van der Waals surface area contributed by atoms with E-state index < -0.39 is 11.6 Å². The molecule has 22 heavy (non-hydrogen) atoms. The minimum atomic E-state index is -0.729. The molecular formula is C16H14ClF2N3. The molecule has 0 unspecified atom stereocenters. The molecule has 3 N–H and O–H groups in total. The first-order valence-electron chi connectivity index (χ1n) is 6.74. The molecule has 2 aromatic carbocycles. The van der Waals surface area contributed by atoms with Gasteiger partial charge in [-0.3, -0.25) is 0 Å². The van der Waals surface area contributed by atoms with E-state index >= 15 is 0 Å². The van der Waals surface area contributed by atoms with Gasteiger partial charge in [0, 0.05) is 34.4 Å². The summed E-state index contributed by atoms with van der Waals surface area (Å²) in [7, 11) is 1.88. The van der Waals surface area contributed by atoms with E-state index in [0.29, 0.717) is 5.69 Å². The standard InChI is InChI=1S/C16H14ClF2N3/c1-20-7-9-8-21-15-6-11(2-3-12(9)15)22-16-13(18)4-10(17)5-14(16)19/h2-6,8,20-22H,7H2,1H3. The third-order valence-electron chi connectivity index (χ3n) is 3.41. The Hall–Kier alpha value is -2.11. The zero-order valence-electron chi connectivity index (χ0n) is 11.8. The lowest BCUT2D eigenvalue weighted by Gasteiger charge is -2.09. The van der Waals surface area contributed by atoms with Crippen LogP contribution in [0.15, 0.2) is 36.5 Å². The lowest BCUT2D eigenvalue weighted by Crippen LogP contribution is -2.04. The number of nitrogens with one attached hydrogen (secondary N) is 3. The van der Waals surface area contributed by atoms with Crippen molar-refractivity contribution < 1.29 is 8.78 Å². The molecule has 0 bridgehead atoms. The van der Waals surface area contributed by atoms with Crippen molar-refractivity contribution in [2.45, 2.75) is 6.54 Å². The summed E-state index contributed by atoms with van der Waals surface area (Å²) in [4.78, 5) is 3.15. The molecule has 0 radical (unpaired) electrons. The summed E-state index contributed by atoms with van der Waals surface area (Å²) in [6.45, 7) is 0.743. The number of halogens is 3. The molecular weight excluding hydrogens is 308 g/mol. The van der Waals surface area contributed by atoms with E-state index in [-0.39, 0.29) is 10.7 Å².